The van der Waals surface area contributed by atoms with Gasteiger partial charge in [0.2, 0.25) is 0 Å². The second kappa shape index (κ2) is 4.91. The highest BCUT2D eigenvalue weighted by molar-refractivity contribution is 9.09. The number of hydrogen-bond acceptors (Lipinski definition) is 2. The Labute approximate surface area is 94.0 Å². The van der Waals surface area contributed by atoms with Crippen molar-refractivity contribution in [1.29, 1.82) is 0 Å². The highest BCUT2D eigenvalue weighted by Gasteiger charge is 2.23. The van der Waals surface area contributed by atoms with Crippen LogP contribution in [0.3, 0.4) is 0 Å². The first-order valence-electron chi connectivity index (χ1n) is 5.01. The Bertz CT molecular complexity index is 285. The number of rotatable bonds is 5. The van der Waals surface area contributed by atoms with Crippen LogP contribution < -0.4 is 0 Å². The molecular formula is C10H18BrN3. The van der Waals surface area contributed by atoms with Gasteiger partial charge < -0.3 is 0 Å². The van der Waals surface area contributed by atoms with E-state index in [2.05, 4.69) is 40.1 Å². The summed E-state index contributed by atoms with van der Waals surface area (Å²) in [7, 11) is 1.90. The standard InChI is InChI=1S/C10H18BrN3/c1-4-5-10(2,8-11)6-9-7-14(3)13-12-9/h7H,4-6,8H2,1-3H3. The van der Waals surface area contributed by atoms with Crippen molar-refractivity contribution in [3.63, 3.8) is 0 Å². The van der Waals surface area contributed by atoms with E-state index in [1.165, 1.54) is 12.8 Å². The first-order valence-corrected chi connectivity index (χ1v) is 6.13. The van der Waals surface area contributed by atoms with Crippen LogP contribution in [0, 0.1) is 5.41 Å². The molecule has 14 heavy (non-hydrogen) atoms. The molecule has 0 spiro atoms. The third-order valence-corrected chi connectivity index (χ3v) is 3.79. The topological polar surface area (TPSA) is 30.7 Å². The summed E-state index contributed by atoms with van der Waals surface area (Å²) in [6, 6.07) is 0. The molecule has 0 saturated heterocycles. The van der Waals surface area contributed by atoms with E-state index in [4.69, 9.17) is 0 Å². The summed E-state index contributed by atoms with van der Waals surface area (Å²) in [6.45, 7) is 4.51. The maximum Gasteiger partial charge on any atom is 0.0832 e. The minimum absolute atomic E-state index is 0.310. The average Bonchev–Trinajstić information content (AvgIpc) is 2.51. The van der Waals surface area contributed by atoms with Gasteiger partial charge in [0.05, 0.1) is 5.69 Å². The molecule has 0 amide bonds. The largest absolute Gasteiger partial charge is 0.255 e. The van der Waals surface area contributed by atoms with Gasteiger partial charge in [-0.1, -0.05) is 41.4 Å². The van der Waals surface area contributed by atoms with Crippen LogP contribution in [-0.4, -0.2) is 20.3 Å². The van der Waals surface area contributed by atoms with E-state index in [-0.39, 0.29) is 0 Å². The summed E-state index contributed by atoms with van der Waals surface area (Å²) in [4.78, 5) is 0. The van der Waals surface area contributed by atoms with Crippen molar-refractivity contribution in [2.45, 2.75) is 33.1 Å². The number of alkyl halides is 1. The van der Waals surface area contributed by atoms with Crippen molar-refractivity contribution >= 4 is 15.9 Å². The molecule has 80 valence electrons. The molecule has 0 bridgehead atoms. The molecule has 1 heterocycles. The quantitative estimate of drug-likeness (QED) is 0.762. The van der Waals surface area contributed by atoms with Crippen LogP contribution in [0.4, 0.5) is 0 Å². The summed E-state index contributed by atoms with van der Waals surface area (Å²) in [6.07, 6.45) is 5.42. The SMILES string of the molecule is CCCC(C)(CBr)Cc1cn(C)nn1. The van der Waals surface area contributed by atoms with E-state index in [0.29, 0.717) is 5.41 Å². The van der Waals surface area contributed by atoms with Crippen LogP contribution in [0.15, 0.2) is 6.20 Å². The second-order valence-electron chi connectivity index (χ2n) is 4.25. The van der Waals surface area contributed by atoms with Gasteiger partial charge in [0.25, 0.3) is 0 Å². The summed E-state index contributed by atoms with van der Waals surface area (Å²) >= 11 is 3.58. The third-order valence-electron chi connectivity index (χ3n) is 2.43. The normalized spacial score (nSPS) is 15.4. The molecule has 0 aromatic carbocycles. The van der Waals surface area contributed by atoms with Crippen LogP contribution in [0.2, 0.25) is 0 Å². The predicted molar refractivity (Wildman–Crippen MR) is 61.5 cm³/mol. The summed E-state index contributed by atoms with van der Waals surface area (Å²) < 4.78 is 1.76. The van der Waals surface area contributed by atoms with Gasteiger partial charge >= 0.3 is 0 Å². The van der Waals surface area contributed by atoms with E-state index in [1.807, 2.05) is 13.2 Å². The second-order valence-corrected chi connectivity index (χ2v) is 4.82. The van der Waals surface area contributed by atoms with Crippen molar-refractivity contribution in [2.24, 2.45) is 12.5 Å². The lowest BCUT2D eigenvalue weighted by Crippen LogP contribution is -2.21. The van der Waals surface area contributed by atoms with Gasteiger partial charge in [0.1, 0.15) is 0 Å². The molecule has 0 aliphatic heterocycles. The first-order chi connectivity index (χ1) is 6.59. The van der Waals surface area contributed by atoms with Gasteiger partial charge in [-0.2, -0.15) is 0 Å². The Morgan fingerprint density at radius 1 is 1.57 bits per heavy atom. The Hall–Kier alpha value is -0.380. The fourth-order valence-electron chi connectivity index (χ4n) is 1.72. The fraction of sp³-hybridized carbons (Fsp3) is 0.800. The zero-order valence-electron chi connectivity index (χ0n) is 9.13. The number of nitrogens with zero attached hydrogens (tertiary/aromatic N) is 3. The molecule has 0 aliphatic rings. The summed E-state index contributed by atoms with van der Waals surface area (Å²) in [5, 5.41) is 9.09. The molecule has 0 radical (unpaired) electrons. The fourth-order valence-corrected chi connectivity index (χ4v) is 2.20. The van der Waals surface area contributed by atoms with Crippen LogP contribution in [0.1, 0.15) is 32.4 Å². The van der Waals surface area contributed by atoms with Gasteiger partial charge in [0.15, 0.2) is 0 Å². The van der Waals surface area contributed by atoms with E-state index >= 15 is 0 Å². The van der Waals surface area contributed by atoms with E-state index in [1.54, 1.807) is 4.68 Å². The van der Waals surface area contributed by atoms with Crippen LogP contribution >= 0.6 is 15.9 Å². The predicted octanol–water partition coefficient (Wildman–Crippen LogP) is 2.56. The third kappa shape index (κ3) is 3.08. The minimum atomic E-state index is 0.310. The van der Waals surface area contributed by atoms with Crippen molar-refractivity contribution in [2.75, 3.05) is 5.33 Å². The molecule has 4 heteroatoms. The minimum Gasteiger partial charge on any atom is -0.255 e. The Kier molecular flexibility index (Phi) is 4.11. The highest BCUT2D eigenvalue weighted by Crippen LogP contribution is 2.29. The van der Waals surface area contributed by atoms with Gasteiger partial charge in [-0.25, -0.2) is 0 Å². The number of aryl methyl sites for hydroxylation is 1. The van der Waals surface area contributed by atoms with E-state index < -0.39 is 0 Å². The van der Waals surface area contributed by atoms with Crippen molar-refractivity contribution in [3.05, 3.63) is 11.9 Å². The van der Waals surface area contributed by atoms with Crippen LogP contribution in [0.5, 0.6) is 0 Å². The summed E-state index contributed by atoms with van der Waals surface area (Å²) in [5.74, 6) is 0. The first kappa shape index (κ1) is 11.7. The maximum atomic E-state index is 4.12. The van der Waals surface area contributed by atoms with E-state index in [9.17, 15) is 0 Å². The lowest BCUT2D eigenvalue weighted by molar-refractivity contribution is 0.337. The van der Waals surface area contributed by atoms with Gasteiger partial charge in [-0.05, 0) is 18.3 Å². The molecule has 1 unspecified atom stereocenters. The Morgan fingerprint density at radius 3 is 2.71 bits per heavy atom. The molecule has 3 nitrogen and oxygen atoms in total. The summed E-state index contributed by atoms with van der Waals surface area (Å²) in [5.41, 5.74) is 1.40. The average molecular weight is 260 g/mol. The molecule has 1 atom stereocenters. The molecular weight excluding hydrogens is 242 g/mol. The molecule has 0 aliphatic carbocycles. The van der Waals surface area contributed by atoms with Crippen LogP contribution in [-0.2, 0) is 13.5 Å². The molecule has 1 aromatic heterocycles. The zero-order chi connectivity index (χ0) is 10.6. The van der Waals surface area contributed by atoms with Crippen molar-refractivity contribution in [1.82, 2.24) is 15.0 Å². The van der Waals surface area contributed by atoms with Gasteiger partial charge in [-0.15, -0.1) is 5.10 Å². The highest BCUT2D eigenvalue weighted by atomic mass is 79.9. The van der Waals surface area contributed by atoms with Crippen molar-refractivity contribution in [3.8, 4) is 0 Å². The molecule has 1 aromatic rings. The monoisotopic (exact) mass is 259 g/mol. The number of halogens is 1. The maximum absolute atomic E-state index is 4.12. The zero-order valence-corrected chi connectivity index (χ0v) is 10.7. The Balaban J connectivity index is 2.64. The van der Waals surface area contributed by atoms with Crippen LogP contribution in [0.25, 0.3) is 0 Å². The molecule has 0 N–H and O–H groups in total. The number of hydrogen-bond donors (Lipinski definition) is 0. The Morgan fingerprint density at radius 2 is 2.29 bits per heavy atom. The molecule has 1 rings (SSSR count). The smallest absolute Gasteiger partial charge is 0.0832 e. The lowest BCUT2D eigenvalue weighted by Gasteiger charge is -2.25. The van der Waals surface area contributed by atoms with Gasteiger partial charge in [-0.3, -0.25) is 4.68 Å². The van der Waals surface area contributed by atoms with Gasteiger partial charge in [0, 0.05) is 18.6 Å². The number of aromatic nitrogens is 3. The van der Waals surface area contributed by atoms with E-state index in [0.717, 1.165) is 17.4 Å². The lowest BCUT2D eigenvalue weighted by atomic mass is 9.83. The molecule has 0 fully saturated rings. The molecule has 0 saturated carbocycles. The van der Waals surface area contributed by atoms with Crippen molar-refractivity contribution < 1.29 is 0 Å².